The first kappa shape index (κ1) is 10.2. The van der Waals surface area contributed by atoms with Gasteiger partial charge in [-0.05, 0) is 19.9 Å². The molecule has 0 radical (unpaired) electrons. The third kappa shape index (κ3) is 2.39. The number of ether oxygens (including phenoxy) is 1. The standard InChI is InChI=1S/C11H17N3O/c1-8-6-14(7-9(2)15-8)11-3-10(12)4-13-5-11/h3-5,8-9H,6-7,12H2,1-2H3. The first-order valence-electron chi connectivity index (χ1n) is 5.26. The molecule has 2 atom stereocenters. The van der Waals surface area contributed by atoms with Gasteiger partial charge in [0, 0.05) is 19.3 Å². The average molecular weight is 207 g/mol. The van der Waals surface area contributed by atoms with Crippen molar-refractivity contribution in [3.05, 3.63) is 18.5 Å². The maximum atomic E-state index is 5.71. The van der Waals surface area contributed by atoms with Gasteiger partial charge in [0.1, 0.15) is 0 Å². The molecule has 2 N–H and O–H groups in total. The number of anilines is 2. The Morgan fingerprint density at radius 2 is 2.00 bits per heavy atom. The number of nitrogens with two attached hydrogens (primary N) is 1. The number of nitrogen functional groups attached to an aromatic ring is 1. The highest BCUT2D eigenvalue weighted by atomic mass is 16.5. The minimum Gasteiger partial charge on any atom is -0.397 e. The summed E-state index contributed by atoms with van der Waals surface area (Å²) in [5, 5.41) is 0. The predicted octanol–water partition coefficient (Wildman–Crippen LogP) is 1.28. The van der Waals surface area contributed by atoms with Gasteiger partial charge in [0.15, 0.2) is 0 Å². The lowest BCUT2D eigenvalue weighted by atomic mass is 10.2. The van der Waals surface area contributed by atoms with E-state index in [4.69, 9.17) is 10.5 Å². The highest BCUT2D eigenvalue weighted by Gasteiger charge is 2.22. The molecule has 1 aliphatic heterocycles. The fourth-order valence-electron chi connectivity index (χ4n) is 2.01. The molecule has 82 valence electrons. The largest absolute Gasteiger partial charge is 0.397 e. The van der Waals surface area contributed by atoms with Crippen LogP contribution in [0, 0.1) is 0 Å². The summed E-state index contributed by atoms with van der Waals surface area (Å²) in [5.74, 6) is 0. The SMILES string of the molecule is CC1CN(c2cncc(N)c2)CC(C)O1. The van der Waals surface area contributed by atoms with Crippen molar-refractivity contribution < 1.29 is 4.74 Å². The smallest absolute Gasteiger partial charge is 0.0726 e. The molecule has 0 aliphatic carbocycles. The van der Waals surface area contributed by atoms with Crippen LogP contribution < -0.4 is 10.6 Å². The number of morpholine rings is 1. The predicted molar refractivity (Wildman–Crippen MR) is 60.9 cm³/mol. The van der Waals surface area contributed by atoms with E-state index in [-0.39, 0.29) is 12.2 Å². The molecule has 0 saturated carbocycles. The molecule has 2 rings (SSSR count). The third-order valence-corrected chi connectivity index (χ3v) is 2.53. The molecule has 0 amide bonds. The van der Waals surface area contributed by atoms with Crippen molar-refractivity contribution in [3.63, 3.8) is 0 Å². The van der Waals surface area contributed by atoms with E-state index in [1.807, 2.05) is 12.3 Å². The van der Waals surface area contributed by atoms with E-state index in [1.165, 1.54) is 0 Å². The van der Waals surface area contributed by atoms with Gasteiger partial charge in [-0.25, -0.2) is 0 Å². The van der Waals surface area contributed by atoms with Gasteiger partial charge >= 0.3 is 0 Å². The van der Waals surface area contributed by atoms with E-state index in [2.05, 4.69) is 23.7 Å². The van der Waals surface area contributed by atoms with Crippen molar-refractivity contribution in [1.29, 1.82) is 0 Å². The third-order valence-electron chi connectivity index (χ3n) is 2.53. The van der Waals surface area contributed by atoms with Gasteiger partial charge in [0.25, 0.3) is 0 Å². The summed E-state index contributed by atoms with van der Waals surface area (Å²) in [6, 6.07) is 1.96. The Balaban J connectivity index is 2.16. The molecule has 0 aromatic carbocycles. The van der Waals surface area contributed by atoms with Crippen LogP contribution in [0.2, 0.25) is 0 Å². The summed E-state index contributed by atoms with van der Waals surface area (Å²) in [5.41, 5.74) is 7.50. The van der Waals surface area contributed by atoms with Crippen LogP contribution >= 0.6 is 0 Å². The zero-order valence-corrected chi connectivity index (χ0v) is 9.18. The lowest BCUT2D eigenvalue weighted by Crippen LogP contribution is -2.45. The topological polar surface area (TPSA) is 51.4 Å². The van der Waals surface area contributed by atoms with Gasteiger partial charge in [0.2, 0.25) is 0 Å². The van der Waals surface area contributed by atoms with Crippen molar-refractivity contribution >= 4 is 11.4 Å². The van der Waals surface area contributed by atoms with Crippen LogP contribution in [0.25, 0.3) is 0 Å². The molecule has 4 heteroatoms. The molecule has 2 unspecified atom stereocenters. The van der Waals surface area contributed by atoms with Crippen molar-refractivity contribution in [3.8, 4) is 0 Å². The highest BCUT2D eigenvalue weighted by Crippen LogP contribution is 2.20. The van der Waals surface area contributed by atoms with Crippen molar-refractivity contribution in [2.75, 3.05) is 23.7 Å². The molecule has 1 aliphatic rings. The van der Waals surface area contributed by atoms with E-state index in [1.54, 1.807) is 6.20 Å². The fourth-order valence-corrected chi connectivity index (χ4v) is 2.01. The molecule has 1 aromatic heterocycles. The Labute approximate surface area is 90.0 Å². The second-order valence-corrected chi connectivity index (χ2v) is 4.14. The van der Waals surface area contributed by atoms with Gasteiger partial charge in [-0.15, -0.1) is 0 Å². The summed E-state index contributed by atoms with van der Waals surface area (Å²) < 4.78 is 5.67. The molecule has 1 aromatic rings. The summed E-state index contributed by atoms with van der Waals surface area (Å²) >= 11 is 0. The molecule has 1 fully saturated rings. The van der Waals surface area contributed by atoms with Crippen LogP contribution in [-0.2, 0) is 4.74 Å². The van der Waals surface area contributed by atoms with Crippen molar-refractivity contribution in [2.45, 2.75) is 26.1 Å². The Morgan fingerprint density at radius 1 is 1.33 bits per heavy atom. The van der Waals surface area contributed by atoms with E-state index in [0.717, 1.165) is 18.8 Å². The number of rotatable bonds is 1. The second-order valence-electron chi connectivity index (χ2n) is 4.14. The zero-order valence-electron chi connectivity index (χ0n) is 9.18. The van der Waals surface area contributed by atoms with Crippen LogP contribution in [0.1, 0.15) is 13.8 Å². The van der Waals surface area contributed by atoms with Crippen LogP contribution in [0.5, 0.6) is 0 Å². The molecule has 0 spiro atoms. The van der Waals surface area contributed by atoms with Crippen molar-refractivity contribution in [1.82, 2.24) is 4.98 Å². The van der Waals surface area contributed by atoms with E-state index in [9.17, 15) is 0 Å². The van der Waals surface area contributed by atoms with Gasteiger partial charge in [0.05, 0.1) is 29.8 Å². The van der Waals surface area contributed by atoms with E-state index >= 15 is 0 Å². The van der Waals surface area contributed by atoms with Gasteiger partial charge in [-0.3, -0.25) is 4.98 Å². The van der Waals surface area contributed by atoms with E-state index in [0.29, 0.717) is 5.69 Å². The Morgan fingerprint density at radius 3 is 2.60 bits per heavy atom. The zero-order chi connectivity index (χ0) is 10.8. The summed E-state index contributed by atoms with van der Waals surface area (Å²) in [6.45, 7) is 5.97. The number of aromatic nitrogens is 1. The van der Waals surface area contributed by atoms with Crippen LogP contribution in [0.15, 0.2) is 18.5 Å². The minimum absolute atomic E-state index is 0.259. The minimum atomic E-state index is 0.259. The first-order valence-corrected chi connectivity index (χ1v) is 5.26. The van der Waals surface area contributed by atoms with Gasteiger partial charge in [-0.1, -0.05) is 0 Å². The first-order chi connectivity index (χ1) is 7.15. The number of hydrogen-bond donors (Lipinski definition) is 1. The fraction of sp³-hybridized carbons (Fsp3) is 0.545. The molecule has 1 saturated heterocycles. The molecule has 4 nitrogen and oxygen atoms in total. The summed E-state index contributed by atoms with van der Waals surface area (Å²) in [6.07, 6.45) is 4.03. The monoisotopic (exact) mass is 207 g/mol. The van der Waals surface area contributed by atoms with Crippen LogP contribution in [0.3, 0.4) is 0 Å². The maximum Gasteiger partial charge on any atom is 0.0726 e. The second kappa shape index (κ2) is 4.06. The highest BCUT2D eigenvalue weighted by molar-refractivity contribution is 5.53. The molecular weight excluding hydrogens is 190 g/mol. The summed E-state index contributed by atoms with van der Waals surface area (Å²) in [7, 11) is 0. The maximum absolute atomic E-state index is 5.71. The molecule has 2 heterocycles. The lowest BCUT2D eigenvalue weighted by molar-refractivity contribution is -0.00523. The summed E-state index contributed by atoms with van der Waals surface area (Å²) in [4.78, 5) is 6.37. The average Bonchev–Trinajstić information content (AvgIpc) is 2.16. The van der Waals surface area contributed by atoms with E-state index < -0.39 is 0 Å². The Hall–Kier alpha value is -1.29. The quantitative estimate of drug-likeness (QED) is 0.753. The molecular formula is C11H17N3O. The van der Waals surface area contributed by atoms with Crippen molar-refractivity contribution in [2.24, 2.45) is 0 Å². The van der Waals surface area contributed by atoms with Gasteiger partial charge in [-0.2, -0.15) is 0 Å². The molecule has 15 heavy (non-hydrogen) atoms. The Bertz CT molecular complexity index is 332. The van der Waals surface area contributed by atoms with Crippen LogP contribution in [0.4, 0.5) is 11.4 Å². The number of hydrogen-bond acceptors (Lipinski definition) is 4. The van der Waals surface area contributed by atoms with Crippen LogP contribution in [-0.4, -0.2) is 30.3 Å². The van der Waals surface area contributed by atoms with Gasteiger partial charge < -0.3 is 15.4 Å². The molecule has 0 bridgehead atoms. The number of pyridine rings is 1. The lowest BCUT2D eigenvalue weighted by Gasteiger charge is -2.36. The Kier molecular flexibility index (Phi) is 2.77. The number of nitrogens with zero attached hydrogens (tertiary/aromatic N) is 2. The normalized spacial score (nSPS) is 26.7.